The summed E-state index contributed by atoms with van der Waals surface area (Å²) >= 11 is 6.98. The summed E-state index contributed by atoms with van der Waals surface area (Å²) in [6.45, 7) is 4.66. The summed E-state index contributed by atoms with van der Waals surface area (Å²) < 4.78 is 6.18. The number of halogens is 1. The molecule has 2 heterocycles. The molecule has 2 N–H and O–H groups in total. The van der Waals surface area contributed by atoms with E-state index >= 15 is 0 Å². The number of ether oxygens (including phenoxy) is 1. The number of anilines is 2. The van der Waals surface area contributed by atoms with Crippen LogP contribution in [0.4, 0.5) is 11.5 Å². The van der Waals surface area contributed by atoms with Gasteiger partial charge in [-0.25, -0.2) is 9.78 Å². The Morgan fingerprint density at radius 2 is 1.95 bits per heavy atom. The van der Waals surface area contributed by atoms with Gasteiger partial charge >= 0.3 is 0 Å². The number of nitrogens with zero attached hydrogens (tertiary/aromatic N) is 3. The number of β-amino-alcohol motifs (C(OH)–C–C–N with tert-alkyl or cyclic N) is 1. The van der Waals surface area contributed by atoms with Crippen LogP contribution in [0, 0.1) is 18.3 Å². The van der Waals surface area contributed by atoms with Crippen LogP contribution in [0.15, 0.2) is 66.9 Å². The number of nitrogens with one attached hydrogen (secondary N) is 1. The molecule has 43 heavy (non-hydrogen) atoms. The third-order valence-electron chi connectivity index (χ3n) is 8.32. The molecule has 1 aliphatic heterocycles. The number of likely N-dealkylation sites (tertiary alicyclic amines) is 1. The zero-order valence-corrected chi connectivity index (χ0v) is 24.6. The maximum atomic E-state index is 11.3. The molecule has 2 aliphatic rings. The van der Waals surface area contributed by atoms with E-state index in [-0.39, 0.29) is 12.7 Å². The van der Waals surface area contributed by atoms with Gasteiger partial charge in [-0.15, -0.1) is 0 Å². The van der Waals surface area contributed by atoms with Gasteiger partial charge in [0.25, 0.3) is 0 Å². The number of hydrogen-bond donors (Lipinski definition) is 2. The molecule has 1 fully saturated rings. The van der Waals surface area contributed by atoms with Crippen LogP contribution < -0.4 is 10.1 Å². The lowest BCUT2D eigenvalue weighted by atomic mass is 9.96. The second kappa shape index (κ2) is 12.4. The summed E-state index contributed by atoms with van der Waals surface area (Å²) in [6, 6.07) is 21.8. The third-order valence-corrected chi connectivity index (χ3v) is 8.73. The smallest absolute Gasteiger partial charge is 0.137 e. The van der Waals surface area contributed by atoms with Gasteiger partial charge in [-0.3, -0.25) is 4.90 Å². The second-order valence-electron chi connectivity index (χ2n) is 11.1. The largest absolute Gasteiger partial charge is 0.488 e. The van der Waals surface area contributed by atoms with Crippen LogP contribution in [0.25, 0.3) is 16.7 Å². The molecule has 0 amide bonds. The molecular formula is C35H31ClN4O3. The maximum absolute atomic E-state index is 11.3. The molecule has 1 saturated heterocycles. The average Bonchev–Trinajstić information content (AvgIpc) is 3.63. The zero-order chi connectivity index (χ0) is 29.9. The summed E-state index contributed by atoms with van der Waals surface area (Å²) in [5.74, 6) is 3.22. The summed E-state index contributed by atoms with van der Waals surface area (Å²) in [5, 5.41) is 23.7. The number of rotatable bonds is 8. The van der Waals surface area contributed by atoms with Crippen molar-refractivity contribution in [3.8, 4) is 22.9 Å². The standard InChI is InChI=1S/C35H31ClN4O3/c1-22-25(21-43-33-11-10-28-24(20-41)8-9-29(28)31(33)17-37)4-2-5-27(22)30-6-3-7-32(35(30)36)39-34-16-23(12-14-38-34)18-40-15-13-26(42)19-40/h2-7,10-12,14,16,26,42H,8-9,13,15,18-19,21H2,1H3,(H,38,39)/t26-/m1/s1. The number of aromatic nitrogens is 1. The molecule has 3 aromatic carbocycles. The van der Waals surface area contributed by atoms with E-state index in [2.05, 4.69) is 21.3 Å². The minimum absolute atomic E-state index is 0.251. The van der Waals surface area contributed by atoms with E-state index in [1.807, 2.05) is 67.5 Å². The van der Waals surface area contributed by atoms with Crippen LogP contribution in [-0.2, 0) is 24.4 Å². The highest BCUT2D eigenvalue weighted by atomic mass is 35.5. The molecule has 7 nitrogen and oxygen atoms in total. The van der Waals surface area contributed by atoms with E-state index in [9.17, 15) is 15.2 Å². The summed E-state index contributed by atoms with van der Waals surface area (Å²) in [5.41, 5.74) is 8.49. The number of benzene rings is 3. The topological polar surface area (TPSA) is 98.5 Å². The summed E-state index contributed by atoms with van der Waals surface area (Å²) in [7, 11) is 0. The van der Waals surface area contributed by atoms with Crippen molar-refractivity contribution in [1.29, 1.82) is 5.26 Å². The number of fused-ring (bicyclic) bond motifs is 1. The Morgan fingerprint density at radius 1 is 1.12 bits per heavy atom. The summed E-state index contributed by atoms with van der Waals surface area (Å²) in [4.78, 5) is 18.0. The van der Waals surface area contributed by atoms with E-state index in [1.54, 1.807) is 12.3 Å². The molecular weight excluding hydrogens is 560 g/mol. The fourth-order valence-corrected chi connectivity index (χ4v) is 6.29. The van der Waals surface area contributed by atoms with Crippen LogP contribution in [0.1, 0.15) is 46.2 Å². The van der Waals surface area contributed by atoms with Gasteiger partial charge in [-0.05, 0) is 89.9 Å². The van der Waals surface area contributed by atoms with Crippen LogP contribution >= 0.6 is 11.6 Å². The molecule has 0 bridgehead atoms. The van der Waals surface area contributed by atoms with Gasteiger partial charge in [-0.2, -0.15) is 5.26 Å². The van der Waals surface area contributed by atoms with Crippen molar-refractivity contribution in [2.45, 2.75) is 45.4 Å². The number of aliphatic hydroxyl groups excluding tert-OH is 1. The zero-order valence-electron chi connectivity index (χ0n) is 23.9. The summed E-state index contributed by atoms with van der Waals surface area (Å²) in [6.07, 6.45) is 3.57. The van der Waals surface area contributed by atoms with Crippen LogP contribution in [0.5, 0.6) is 5.75 Å². The number of aliphatic hydroxyl groups is 1. The highest BCUT2D eigenvalue weighted by Crippen LogP contribution is 2.39. The molecule has 216 valence electrons. The first-order valence-corrected chi connectivity index (χ1v) is 14.8. The quantitative estimate of drug-likeness (QED) is 0.222. The number of carbonyl (C=O) groups excluding carboxylic acids is 1. The second-order valence-corrected chi connectivity index (χ2v) is 11.4. The molecule has 1 aliphatic carbocycles. The Morgan fingerprint density at radius 3 is 2.74 bits per heavy atom. The van der Waals surface area contributed by atoms with Crippen molar-refractivity contribution >= 4 is 34.6 Å². The Labute approximate surface area is 256 Å². The number of allylic oxidation sites excluding steroid dienone is 1. The average molecular weight is 591 g/mol. The number of pyridine rings is 1. The first-order chi connectivity index (χ1) is 20.9. The van der Waals surface area contributed by atoms with E-state index in [0.29, 0.717) is 47.1 Å². The number of hydrogen-bond acceptors (Lipinski definition) is 7. The van der Waals surface area contributed by atoms with E-state index in [1.165, 1.54) is 0 Å². The lowest BCUT2D eigenvalue weighted by Crippen LogP contribution is -2.21. The molecule has 1 atom stereocenters. The molecule has 0 unspecified atom stereocenters. The van der Waals surface area contributed by atoms with Crippen LogP contribution in [0.2, 0.25) is 5.02 Å². The monoisotopic (exact) mass is 590 g/mol. The minimum atomic E-state index is -0.251. The first kappa shape index (κ1) is 28.7. The van der Waals surface area contributed by atoms with Gasteiger partial charge in [0.05, 0.1) is 22.4 Å². The number of nitriles is 1. The van der Waals surface area contributed by atoms with Crippen molar-refractivity contribution in [1.82, 2.24) is 9.88 Å². The van der Waals surface area contributed by atoms with Crippen molar-refractivity contribution in [2.24, 2.45) is 0 Å². The maximum Gasteiger partial charge on any atom is 0.137 e. The molecule has 1 aromatic heterocycles. The molecule has 6 rings (SSSR count). The highest BCUT2D eigenvalue weighted by Gasteiger charge is 2.24. The Balaban J connectivity index is 1.21. The highest BCUT2D eigenvalue weighted by molar-refractivity contribution is 6.36. The van der Waals surface area contributed by atoms with Crippen LogP contribution in [0.3, 0.4) is 0 Å². The van der Waals surface area contributed by atoms with Gasteiger partial charge in [0.1, 0.15) is 30.2 Å². The van der Waals surface area contributed by atoms with Gasteiger partial charge in [0.15, 0.2) is 0 Å². The Kier molecular flexibility index (Phi) is 8.29. The molecule has 0 spiro atoms. The van der Waals surface area contributed by atoms with Crippen molar-refractivity contribution in [3.63, 3.8) is 0 Å². The van der Waals surface area contributed by atoms with E-state index in [4.69, 9.17) is 16.3 Å². The fraction of sp³-hybridized carbons (Fsp3) is 0.257. The fourth-order valence-electron chi connectivity index (χ4n) is 6.02. The molecule has 0 saturated carbocycles. The SMILES string of the molecule is Cc1c(COc2ccc3c(c2C#N)CCC3=C=O)cccc1-c1cccc(Nc2cc(CN3CC[C@@H](O)C3)ccn2)c1Cl. The van der Waals surface area contributed by atoms with Gasteiger partial charge in [-0.1, -0.05) is 41.9 Å². The predicted molar refractivity (Wildman–Crippen MR) is 168 cm³/mol. The van der Waals surface area contributed by atoms with Gasteiger partial charge in [0.2, 0.25) is 0 Å². The Hall–Kier alpha value is -4.44. The molecule has 0 radical (unpaired) electrons. The lowest BCUT2D eigenvalue weighted by Gasteiger charge is -2.17. The lowest BCUT2D eigenvalue weighted by molar-refractivity contribution is 0.175. The van der Waals surface area contributed by atoms with Crippen molar-refractivity contribution in [3.05, 3.63) is 105 Å². The Bertz CT molecular complexity index is 1790. The normalized spacial score (nSPS) is 16.0. The third kappa shape index (κ3) is 5.92. The van der Waals surface area contributed by atoms with E-state index < -0.39 is 0 Å². The van der Waals surface area contributed by atoms with Crippen molar-refractivity contribution < 1.29 is 14.6 Å². The minimum Gasteiger partial charge on any atom is -0.488 e. The predicted octanol–water partition coefficient (Wildman–Crippen LogP) is 6.63. The molecule has 8 heteroatoms. The van der Waals surface area contributed by atoms with Crippen LogP contribution in [-0.4, -0.2) is 40.1 Å². The van der Waals surface area contributed by atoms with Gasteiger partial charge < -0.3 is 15.2 Å². The van der Waals surface area contributed by atoms with Crippen molar-refractivity contribution in [2.75, 3.05) is 18.4 Å². The molecule has 4 aromatic rings. The van der Waals surface area contributed by atoms with E-state index in [0.717, 1.165) is 64.1 Å². The first-order valence-electron chi connectivity index (χ1n) is 14.4. The van der Waals surface area contributed by atoms with Gasteiger partial charge in [0, 0.05) is 37.0 Å².